The summed E-state index contributed by atoms with van der Waals surface area (Å²) in [7, 11) is 0. The van der Waals surface area contributed by atoms with E-state index in [1.807, 2.05) is 0 Å². The Morgan fingerprint density at radius 3 is 2.59 bits per heavy atom. The summed E-state index contributed by atoms with van der Waals surface area (Å²) in [4.78, 5) is 4.85. The molecule has 2 heteroatoms. The van der Waals surface area contributed by atoms with Crippen LogP contribution in [0.25, 0.3) is 27.7 Å². The minimum absolute atomic E-state index is 1.02. The number of rotatable bonds is 3. The number of aryl methyl sites for hydroxylation is 1. The predicted molar refractivity (Wildman–Crippen MR) is 92.1 cm³/mol. The molecule has 2 aromatic carbocycles. The highest BCUT2D eigenvalue weighted by Gasteiger charge is 2.07. The standard InChI is InChI=1S/C20H18N2/c1-2-5-15-8-10-17(11-9-15)19-14-22-13-12-16-6-3-4-7-18(16)20(22)21-19/h3-4,6-14H,2,5H2,1H3. The Morgan fingerprint density at radius 2 is 1.77 bits per heavy atom. The Morgan fingerprint density at radius 1 is 0.955 bits per heavy atom. The molecule has 0 aliphatic carbocycles. The summed E-state index contributed by atoms with van der Waals surface area (Å²) in [5.74, 6) is 0. The maximum atomic E-state index is 4.85. The third kappa shape index (κ3) is 2.17. The summed E-state index contributed by atoms with van der Waals surface area (Å²) in [6, 6.07) is 19.3. The highest BCUT2D eigenvalue weighted by Crippen LogP contribution is 2.24. The number of aromatic nitrogens is 2. The highest BCUT2D eigenvalue weighted by atomic mass is 15.0. The molecule has 0 aliphatic rings. The van der Waals surface area contributed by atoms with Crippen LogP contribution in [0.3, 0.4) is 0 Å². The molecule has 0 bridgehead atoms. The Kier molecular flexibility index (Phi) is 3.15. The van der Waals surface area contributed by atoms with Gasteiger partial charge in [-0.25, -0.2) is 4.98 Å². The van der Waals surface area contributed by atoms with Crippen LogP contribution in [0.4, 0.5) is 0 Å². The van der Waals surface area contributed by atoms with E-state index >= 15 is 0 Å². The average Bonchev–Trinajstić information content (AvgIpc) is 3.00. The zero-order valence-electron chi connectivity index (χ0n) is 12.7. The van der Waals surface area contributed by atoms with Crippen molar-refractivity contribution < 1.29 is 0 Å². The molecule has 0 N–H and O–H groups in total. The number of pyridine rings is 1. The first kappa shape index (κ1) is 13.1. The number of benzene rings is 2. The normalized spacial score (nSPS) is 11.3. The average molecular weight is 286 g/mol. The molecule has 0 unspecified atom stereocenters. The van der Waals surface area contributed by atoms with Crippen molar-refractivity contribution in [1.82, 2.24) is 9.38 Å². The van der Waals surface area contributed by atoms with E-state index in [4.69, 9.17) is 4.98 Å². The first-order valence-corrected chi connectivity index (χ1v) is 7.81. The molecule has 22 heavy (non-hydrogen) atoms. The van der Waals surface area contributed by atoms with Crippen molar-refractivity contribution in [2.24, 2.45) is 0 Å². The van der Waals surface area contributed by atoms with E-state index in [0.29, 0.717) is 0 Å². The lowest BCUT2D eigenvalue weighted by molar-refractivity contribution is 0.922. The van der Waals surface area contributed by atoms with Gasteiger partial charge in [-0.15, -0.1) is 0 Å². The van der Waals surface area contributed by atoms with Gasteiger partial charge in [-0.1, -0.05) is 61.9 Å². The molecule has 0 aliphatic heterocycles. The maximum Gasteiger partial charge on any atom is 0.145 e. The monoisotopic (exact) mass is 286 g/mol. The quantitative estimate of drug-likeness (QED) is 0.511. The lowest BCUT2D eigenvalue weighted by Gasteiger charge is -2.00. The number of hydrogen-bond donors (Lipinski definition) is 0. The molecule has 4 aromatic rings. The molecule has 0 saturated heterocycles. The van der Waals surface area contributed by atoms with Crippen LogP contribution in [0.1, 0.15) is 18.9 Å². The third-order valence-corrected chi connectivity index (χ3v) is 4.14. The lowest BCUT2D eigenvalue weighted by atomic mass is 10.1. The minimum atomic E-state index is 1.02. The zero-order chi connectivity index (χ0) is 14.9. The predicted octanol–water partition coefficient (Wildman–Crippen LogP) is 5.11. The van der Waals surface area contributed by atoms with Crippen LogP contribution in [0, 0.1) is 0 Å². The lowest BCUT2D eigenvalue weighted by Crippen LogP contribution is -1.83. The van der Waals surface area contributed by atoms with Gasteiger partial charge in [-0.05, 0) is 23.4 Å². The van der Waals surface area contributed by atoms with Crippen LogP contribution in [0.2, 0.25) is 0 Å². The van der Waals surface area contributed by atoms with E-state index in [0.717, 1.165) is 17.8 Å². The van der Waals surface area contributed by atoms with Crippen molar-refractivity contribution in [3.05, 3.63) is 72.6 Å². The van der Waals surface area contributed by atoms with Crippen LogP contribution in [0.15, 0.2) is 67.0 Å². The largest absolute Gasteiger partial charge is 0.306 e. The Bertz CT molecular complexity index is 933. The number of imidazole rings is 1. The first-order chi connectivity index (χ1) is 10.8. The van der Waals surface area contributed by atoms with Gasteiger partial charge in [0.2, 0.25) is 0 Å². The number of hydrogen-bond acceptors (Lipinski definition) is 1. The summed E-state index contributed by atoms with van der Waals surface area (Å²) in [5.41, 5.74) is 4.61. The van der Waals surface area contributed by atoms with Gasteiger partial charge in [0, 0.05) is 23.3 Å². The number of nitrogens with zero attached hydrogens (tertiary/aromatic N) is 2. The topological polar surface area (TPSA) is 17.3 Å². The van der Waals surface area contributed by atoms with E-state index in [1.54, 1.807) is 0 Å². The Balaban J connectivity index is 1.83. The minimum Gasteiger partial charge on any atom is -0.306 e. The summed E-state index contributed by atoms with van der Waals surface area (Å²) in [6.45, 7) is 2.21. The molecule has 0 atom stereocenters. The molecule has 0 radical (unpaired) electrons. The van der Waals surface area contributed by atoms with Gasteiger partial charge in [-0.3, -0.25) is 0 Å². The third-order valence-electron chi connectivity index (χ3n) is 4.14. The Hall–Kier alpha value is -2.61. The van der Waals surface area contributed by atoms with Crippen molar-refractivity contribution in [1.29, 1.82) is 0 Å². The molecule has 2 aromatic heterocycles. The molecule has 0 saturated carbocycles. The molecule has 2 heterocycles. The molecule has 0 fully saturated rings. The number of fused-ring (bicyclic) bond motifs is 3. The molecule has 2 nitrogen and oxygen atoms in total. The molecule has 0 spiro atoms. The summed E-state index contributed by atoms with van der Waals surface area (Å²) >= 11 is 0. The van der Waals surface area contributed by atoms with Crippen molar-refractivity contribution in [3.8, 4) is 11.3 Å². The summed E-state index contributed by atoms with van der Waals surface area (Å²) in [6.07, 6.45) is 6.51. The van der Waals surface area contributed by atoms with Crippen LogP contribution in [-0.2, 0) is 6.42 Å². The summed E-state index contributed by atoms with van der Waals surface area (Å²) < 4.78 is 2.11. The second kappa shape index (κ2) is 5.30. The molecule has 0 amide bonds. The molecule has 4 rings (SSSR count). The molecular formula is C20H18N2. The van der Waals surface area contributed by atoms with Gasteiger partial charge in [0.05, 0.1) is 5.69 Å². The van der Waals surface area contributed by atoms with Gasteiger partial charge in [0.1, 0.15) is 5.65 Å². The van der Waals surface area contributed by atoms with E-state index in [1.165, 1.54) is 28.3 Å². The van der Waals surface area contributed by atoms with Gasteiger partial charge >= 0.3 is 0 Å². The fraction of sp³-hybridized carbons (Fsp3) is 0.150. The van der Waals surface area contributed by atoms with Crippen molar-refractivity contribution in [2.45, 2.75) is 19.8 Å². The highest BCUT2D eigenvalue weighted by molar-refractivity contribution is 5.94. The van der Waals surface area contributed by atoms with E-state index in [9.17, 15) is 0 Å². The fourth-order valence-corrected chi connectivity index (χ4v) is 2.98. The Labute approximate surface area is 130 Å². The van der Waals surface area contributed by atoms with Gasteiger partial charge in [0.15, 0.2) is 0 Å². The van der Waals surface area contributed by atoms with Crippen molar-refractivity contribution >= 4 is 16.4 Å². The molecular weight excluding hydrogens is 268 g/mol. The van der Waals surface area contributed by atoms with Gasteiger partial charge in [-0.2, -0.15) is 0 Å². The van der Waals surface area contributed by atoms with Crippen molar-refractivity contribution in [3.63, 3.8) is 0 Å². The second-order valence-corrected chi connectivity index (χ2v) is 5.71. The van der Waals surface area contributed by atoms with Gasteiger partial charge < -0.3 is 4.40 Å². The van der Waals surface area contributed by atoms with Gasteiger partial charge in [0.25, 0.3) is 0 Å². The van der Waals surface area contributed by atoms with Crippen LogP contribution in [0.5, 0.6) is 0 Å². The van der Waals surface area contributed by atoms with Crippen molar-refractivity contribution in [2.75, 3.05) is 0 Å². The fourth-order valence-electron chi connectivity index (χ4n) is 2.98. The second-order valence-electron chi connectivity index (χ2n) is 5.71. The molecule has 108 valence electrons. The van der Waals surface area contributed by atoms with E-state index in [-0.39, 0.29) is 0 Å². The van der Waals surface area contributed by atoms with Crippen LogP contribution in [-0.4, -0.2) is 9.38 Å². The zero-order valence-corrected chi connectivity index (χ0v) is 12.7. The summed E-state index contributed by atoms with van der Waals surface area (Å²) in [5, 5.41) is 2.42. The van der Waals surface area contributed by atoms with Crippen LogP contribution < -0.4 is 0 Å². The maximum absolute atomic E-state index is 4.85. The SMILES string of the molecule is CCCc1ccc(-c2cn3ccc4ccccc4c3n2)cc1. The van der Waals surface area contributed by atoms with E-state index in [2.05, 4.69) is 78.3 Å². The smallest absolute Gasteiger partial charge is 0.145 e. The van der Waals surface area contributed by atoms with Crippen LogP contribution >= 0.6 is 0 Å². The van der Waals surface area contributed by atoms with E-state index < -0.39 is 0 Å². The first-order valence-electron chi connectivity index (χ1n) is 7.81.